The summed E-state index contributed by atoms with van der Waals surface area (Å²) in [5.41, 5.74) is 2.68. The molecule has 0 spiro atoms. The van der Waals surface area contributed by atoms with Crippen LogP contribution in [0.2, 0.25) is 0 Å². The molecule has 1 N–H and O–H groups in total. The molecule has 0 radical (unpaired) electrons. The van der Waals surface area contributed by atoms with Crippen LogP contribution < -0.4 is 5.76 Å². The highest BCUT2D eigenvalue weighted by Crippen LogP contribution is 2.56. The second-order valence-electron chi connectivity index (χ2n) is 5.92. The topological polar surface area (TPSA) is 46.0 Å². The maximum absolute atomic E-state index is 11.2. The second kappa shape index (κ2) is 4.23. The summed E-state index contributed by atoms with van der Waals surface area (Å²) in [7, 11) is 0. The van der Waals surface area contributed by atoms with Gasteiger partial charge < -0.3 is 4.42 Å². The first-order chi connectivity index (χ1) is 9.22. The molecule has 1 aromatic carbocycles. The van der Waals surface area contributed by atoms with Crippen LogP contribution in [0.4, 0.5) is 0 Å². The van der Waals surface area contributed by atoms with Crippen LogP contribution in [-0.4, -0.2) is 4.98 Å². The first kappa shape index (κ1) is 11.8. The maximum Gasteiger partial charge on any atom is 0.417 e. The van der Waals surface area contributed by atoms with Gasteiger partial charge in [0.1, 0.15) is 0 Å². The number of aromatic nitrogens is 1. The number of rotatable bonds is 4. The third-order valence-corrected chi connectivity index (χ3v) is 5.57. The molecule has 2 aliphatic carbocycles. The number of halogens is 1. The van der Waals surface area contributed by atoms with E-state index in [0.29, 0.717) is 10.4 Å². The first-order valence-corrected chi connectivity index (χ1v) is 7.91. The molecule has 3 nitrogen and oxygen atoms in total. The van der Waals surface area contributed by atoms with E-state index in [1.54, 1.807) is 0 Å². The van der Waals surface area contributed by atoms with Crippen molar-refractivity contribution in [3.63, 3.8) is 0 Å². The van der Waals surface area contributed by atoms with Crippen molar-refractivity contribution in [2.75, 3.05) is 0 Å². The molecule has 1 heterocycles. The van der Waals surface area contributed by atoms with E-state index < -0.39 is 0 Å². The first-order valence-electron chi connectivity index (χ1n) is 6.99. The van der Waals surface area contributed by atoms with Crippen LogP contribution in [0.5, 0.6) is 0 Å². The minimum Gasteiger partial charge on any atom is -0.408 e. The van der Waals surface area contributed by atoms with Gasteiger partial charge in [-0.15, -0.1) is 0 Å². The molecule has 2 aromatic rings. The molecule has 1 atom stereocenters. The number of hydrogen-bond donors (Lipinski definition) is 1. The molecule has 0 amide bonds. The van der Waals surface area contributed by atoms with Crippen molar-refractivity contribution in [1.82, 2.24) is 4.98 Å². The van der Waals surface area contributed by atoms with Crippen LogP contribution in [0.15, 0.2) is 27.4 Å². The minimum absolute atomic E-state index is 0.376. The average Bonchev–Trinajstić information content (AvgIpc) is 3.28. The van der Waals surface area contributed by atoms with Crippen LogP contribution in [0.25, 0.3) is 11.1 Å². The van der Waals surface area contributed by atoms with Crippen LogP contribution in [0, 0.1) is 17.8 Å². The molecule has 2 fully saturated rings. The Kier molecular flexibility index (Phi) is 2.62. The number of aromatic amines is 1. The molecule has 2 saturated carbocycles. The van der Waals surface area contributed by atoms with Crippen LogP contribution in [0.1, 0.15) is 36.1 Å². The number of benzene rings is 1. The van der Waals surface area contributed by atoms with Gasteiger partial charge in [-0.1, -0.05) is 22.0 Å². The molecular formula is C15H16BrNO2. The number of alkyl halides is 1. The molecule has 1 unspecified atom stereocenters. The Bertz CT molecular complexity index is 654. The lowest BCUT2D eigenvalue weighted by molar-refractivity contribution is 0.400. The summed E-state index contributed by atoms with van der Waals surface area (Å²) >= 11 is 3.90. The van der Waals surface area contributed by atoms with Gasteiger partial charge in [0.15, 0.2) is 5.58 Å². The van der Waals surface area contributed by atoms with Gasteiger partial charge in [-0.05, 0) is 61.1 Å². The Morgan fingerprint density at radius 2 is 1.89 bits per heavy atom. The van der Waals surface area contributed by atoms with E-state index in [-0.39, 0.29) is 5.76 Å². The van der Waals surface area contributed by atoms with Crippen molar-refractivity contribution < 1.29 is 4.42 Å². The molecule has 1 aromatic heterocycles. The highest BCUT2D eigenvalue weighted by atomic mass is 79.9. The maximum atomic E-state index is 11.2. The summed E-state index contributed by atoms with van der Waals surface area (Å²) in [6.45, 7) is 0. The van der Waals surface area contributed by atoms with Gasteiger partial charge in [-0.25, -0.2) is 4.79 Å². The molecule has 4 rings (SSSR count). The van der Waals surface area contributed by atoms with Gasteiger partial charge in [0.05, 0.1) is 5.52 Å². The van der Waals surface area contributed by atoms with Crippen molar-refractivity contribution in [3.8, 4) is 0 Å². The summed E-state index contributed by atoms with van der Waals surface area (Å²) < 4.78 is 5.16. The summed E-state index contributed by atoms with van der Waals surface area (Å²) in [6, 6.07) is 6.05. The fraction of sp³-hybridized carbons (Fsp3) is 0.533. The van der Waals surface area contributed by atoms with Gasteiger partial charge in [-0.2, -0.15) is 0 Å². The third kappa shape index (κ3) is 2.16. The summed E-state index contributed by atoms with van der Waals surface area (Å²) in [4.78, 5) is 14.3. The number of hydrogen-bond acceptors (Lipinski definition) is 2. The monoisotopic (exact) mass is 321 g/mol. The number of oxazole rings is 1. The predicted molar refractivity (Wildman–Crippen MR) is 77.4 cm³/mol. The molecule has 2 aliphatic rings. The smallest absolute Gasteiger partial charge is 0.408 e. The van der Waals surface area contributed by atoms with Crippen molar-refractivity contribution in [1.29, 1.82) is 0 Å². The van der Waals surface area contributed by atoms with Crippen molar-refractivity contribution in [3.05, 3.63) is 34.3 Å². The summed E-state index contributed by atoms with van der Waals surface area (Å²) in [5.74, 6) is 2.17. The Hall–Kier alpha value is -1.03. The molecule has 0 saturated heterocycles. The lowest BCUT2D eigenvalue weighted by Gasteiger charge is -2.22. The lowest BCUT2D eigenvalue weighted by Crippen LogP contribution is -2.12. The largest absolute Gasteiger partial charge is 0.417 e. The minimum atomic E-state index is -0.376. The molecule has 0 aliphatic heterocycles. The number of H-pyrrole nitrogens is 1. The van der Waals surface area contributed by atoms with E-state index in [9.17, 15) is 4.79 Å². The zero-order valence-corrected chi connectivity index (χ0v) is 12.2. The zero-order chi connectivity index (χ0) is 13.0. The van der Waals surface area contributed by atoms with Gasteiger partial charge in [-0.3, -0.25) is 4.98 Å². The van der Waals surface area contributed by atoms with Gasteiger partial charge >= 0.3 is 5.76 Å². The van der Waals surface area contributed by atoms with Crippen LogP contribution >= 0.6 is 15.9 Å². The molecule has 0 bridgehead atoms. The fourth-order valence-corrected chi connectivity index (χ4v) is 4.33. The second-order valence-corrected chi connectivity index (χ2v) is 6.91. The Morgan fingerprint density at radius 1 is 1.21 bits per heavy atom. The Balaban J connectivity index is 1.69. The highest BCUT2D eigenvalue weighted by molar-refractivity contribution is 9.09. The highest BCUT2D eigenvalue weighted by Gasteiger charge is 2.45. The van der Waals surface area contributed by atoms with Crippen molar-refractivity contribution >= 4 is 27.0 Å². The summed E-state index contributed by atoms with van der Waals surface area (Å²) in [5, 5.41) is 0. The third-order valence-electron chi connectivity index (χ3n) is 4.43. The predicted octanol–water partition coefficient (Wildman–Crippen LogP) is 3.99. The van der Waals surface area contributed by atoms with E-state index in [1.165, 1.54) is 31.2 Å². The Labute approximate surface area is 119 Å². The number of nitrogens with one attached hydrogen (secondary N) is 1. The standard InChI is InChI=1S/C15H16BrNO2/c16-14(13(8-1-2-8)9-3-4-9)10-5-6-11-12(7-10)19-15(18)17-11/h5-9,13-14H,1-4H2,(H,17,18). The SMILES string of the molecule is O=c1[nH]c2ccc(C(Br)C(C3CC3)C3CC3)cc2o1. The molecule has 4 heteroatoms. The van der Waals surface area contributed by atoms with Gasteiger partial charge in [0.2, 0.25) is 0 Å². The van der Waals surface area contributed by atoms with E-state index in [4.69, 9.17) is 4.42 Å². The fourth-order valence-electron chi connectivity index (χ4n) is 3.18. The van der Waals surface area contributed by atoms with Crippen molar-refractivity contribution in [2.24, 2.45) is 17.8 Å². The zero-order valence-electron chi connectivity index (χ0n) is 10.6. The Morgan fingerprint density at radius 3 is 2.53 bits per heavy atom. The quantitative estimate of drug-likeness (QED) is 0.865. The molecule has 100 valence electrons. The molecular weight excluding hydrogens is 306 g/mol. The van der Waals surface area contributed by atoms with Gasteiger partial charge in [0.25, 0.3) is 0 Å². The summed E-state index contributed by atoms with van der Waals surface area (Å²) in [6.07, 6.45) is 5.52. The van der Waals surface area contributed by atoms with E-state index in [0.717, 1.165) is 23.3 Å². The van der Waals surface area contributed by atoms with Crippen molar-refractivity contribution in [2.45, 2.75) is 30.5 Å². The normalized spacial score (nSPS) is 21.2. The lowest BCUT2D eigenvalue weighted by atomic mass is 9.90. The number of fused-ring (bicyclic) bond motifs is 1. The van der Waals surface area contributed by atoms with Crippen LogP contribution in [0.3, 0.4) is 0 Å². The molecule has 19 heavy (non-hydrogen) atoms. The van der Waals surface area contributed by atoms with E-state index in [1.807, 2.05) is 12.1 Å². The van der Waals surface area contributed by atoms with E-state index >= 15 is 0 Å². The van der Waals surface area contributed by atoms with Crippen LogP contribution in [-0.2, 0) is 0 Å². The average molecular weight is 322 g/mol. The van der Waals surface area contributed by atoms with E-state index in [2.05, 4.69) is 27.0 Å². The van der Waals surface area contributed by atoms with Gasteiger partial charge in [0, 0.05) is 4.83 Å².